The second-order valence-electron chi connectivity index (χ2n) is 4.48. The van der Waals surface area contributed by atoms with Crippen LogP contribution in [0.1, 0.15) is 42.6 Å². The molecule has 0 saturated heterocycles. The van der Waals surface area contributed by atoms with E-state index in [1.807, 2.05) is 13.8 Å². The first-order chi connectivity index (χ1) is 7.38. The summed E-state index contributed by atoms with van der Waals surface area (Å²) in [6.45, 7) is 5.43. The van der Waals surface area contributed by atoms with Gasteiger partial charge in [-0.15, -0.1) is 0 Å². The van der Waals surface area contributed by atoms with Crippen LogP contribution in [0.5, 0.6) is 0 Å². The Balaban J connectivity index is 3.09. The molecule has 3 heteroatoms. The van der Waals surface area contributed by atoms with E-state index >= 15 is 0 Å². The van der Waals surface area contributed by atoms with Crippen molar-refractivity contribution in [2.24, 2.45) is 5.73 Å². The average molecular weight is 223 g/mol. The molecule has 0 aromatic heterocycles. The van der Waals surface area contributed by atoms with E-state index in [1.165, 1.54) is 6.07 Å². The van der Waals surface area contributed by atoms with Crippen LogP contribution in [0, 0.1) is 12.7 Å². The Labute approximate surface area is 95.7 Å². The minimum absolute atomic E-state index is 0.0958. The highest BCUT2D eigenvalue weighted by atomic mass is 19.1. The predicted octanol–water partition coefficient (Wildman–Crippen LogP) is 2.83. The Kier molecular flexibility index (Phi) is 3.81. The number of ketones is 1. The maximum absolute atomic E-state index is 13.5. The summed E-state index contributed by atoms with van der Waals surface area (Å²) in [5.74, 6) is -0.820. The van der Waals surface area contributed by atoms with Crippen LogP contribution in [0.15, 0.2) is 18.2 Å². The van der Waals surface area contributed by atoms with Crippen molar-refractivity contribution in [3.05, 3.63) is 35.1 Å². The van der Waals surface area contributed by atoms with Gasteiger partial charge in [-0.25, -0.2) is 4.39 Å². The van der Waals surface area contributed by atoms with Gasteiger partial charge in [0, 0.05) is 0 Å². The molecule has 0 aliphatic carbocycles. The molecule has 0 fully saturated rings. The Morgan fingerprint density at radius 2 is 2.12 bits per heavy atom. The molecule has 0 aliphatic heterocycles. The molecule has 0 saturated carbocycles. The van der Waals surface area contributed by atoms with Gasteiger partial charge in [0.15, 0.2) is 5.78 Å². The number of hydrogen-bond acceptors (Lipinski definition) is 2. The van der Waals surface area contributed by atoms with E-state index < -0.39 is 11.4 Å². The molecule has 1 unspecified atom stereocenters. The van der Waals surface area contributed by atoms with E-state index in [1.54, 1.807) is 19.1 Å². The van der Waals surface area contributed by atoms with Gasteiger partial charge < -0.3 is 5.73 Å². The molecule has 2 nitrogen and oxygen atoms in total. The largest absolute Gasteiger partial charge is 0.319 e. The Morgan fingerprint density at radius 3 is 2.69 bits per heavy atom. The highest BCUT2D eigenvalue weighted by Gasteiger charge is 2.30. The van der Waals surface area contributed by atoms with Gasteiger partial charge in [-0.3, -0.25) is 4.79 Å². The zero-order chi connectivity index (χ0) is 12.3. The molecule has 2 N–H and O–H groups in total. The summed E-state index contributed by atoms with van der Waals surface area (Å²) in [7, 11) is 0. The van der Waals surface area contributed by atoms with Gasteiger partial charge in [0.2, 0.25) is 0 Å². The zero-order valence-electron chi connectivity index (χ0n) is 10.0. The molecule has 0 spiro atoms. The molecule has 0 bridgehead atoms. The molecule has 1 aromatic rings. The van der Waals surface area contributed by atoms with E-state index in [0.29, 0.717) is 6.42 Å². The second-order valence-corrected chi connectivity index (χ2v) is 4.48. The van der Waals surface area contributed by atoms with Gasteiger partial charge in [0.1, 0.15) is 5.82 Å². The average Bonchev–Trinajstić information content (AvgIpc) is 2.20. The number of hydrogen-bond donors (Lipinski definition) is 1. The van der Waals surface area contributed by atoms with Gasteiger partial charge >= 0.3 is 0 Å². The molecule has 1 rings (SSSR count). The summed E-state index contributed by atoms with van der Waals surface area (Å²) in [5.41, 5.74) is 5.88. The first-order valence-corrected chi connectivity index (χ1v) is 5.48. The first-order valence-electron chi connectivity index (χ1n) is 5.48. The fraction of sp³-hybridized carbons (Fsp3) is 0.462. The van der Waals surface area contributed by atoms with Crippen LogP contribution in [0.3, 0.4) is 0 Å². The van der Waals surface area contributed by atoms with Crippen molar-refractivity contribution in [1.29, 1.82) is 0 Å². The molecule has 16 heavy (non-hydrogen) atoms. The minimum atomic E-state index is -0.983. The summed E-state index contributed by atoms with van der Waals surface area (Å²) in [6, 6.07) is 4.50. The van der Waals surface area contributed by atoms with Crippen molar-refractivity contribution >= 4 is 5.78 Å². The second kappa shape index (κ2) is 4.74. The lowest BCUT2D eigenvalue weighted by molar-refractivity contribution is 0.0888. The lowest BCUT2D eigenvalue weighted by atomic mass is 9.87. The van der Waals surface area contributed by atoms with Crippen LogP contribution in [0.25, 0.3) is 0 Å². The number of rotatable bonds is 4. The summed E-state index contributed by atoms with van der Waals surface area (Å²) in [4.78, 5) is 12.1. The molecule has 0 radical (unpaired) electrons. The van der Waals surface area contributed by atoms with Crippen LogP contribution in [-0.2, 0) is 0 Å². The third kappa shape index (κ3) is 2.67. The number of carbonyl (C=O) groups is 1. The summed E-state index contributed by atoms with van der Waals surface area (Å²) < 4.78 is 13.5. The standard InChI is InChI=1S/C13H18FNO/c1-4-7-13(3,15)12(16)10-8-9(2)5-6-11(10)14/h5-6,8H,4,7,15H2,1-3H3. The molecular weight excluding hydrogens is 205 g/mol. The van der Waals surface area contributed by atoms with Crippen LogP contribution >= 0.6 is 0 Å². The fourth-order valence-corrected chi connectivity index (χ4v) is 1.75. The van der Waals surface area contributed by atoms with E-state index in [9.17, 15) is 9.18 Å². The van der Waals surface area contributed by atoms with Crippen molar-refractivity contribution in [2.75, 3.05) is 0 Å². The maximum Gasteiger partial charge on any atom is 0.185 e. The van der Waals surface area contributed by atoms with Crippen molar-refractivity contribution in [1.82, 2.24) is 0 Å². The van der Waals surface area contributed by atoms with Crippen LogP contribution < -0.4 is 5.73 Å². The maximum atomic E-state index is 13.5. The lowest BCUT2D eigenvalue weighted by Gasteiger charge is -2.22. The topological polar surface area (TPSA) is 43.1 Å². The molecule has 88 valence electrons. The normalized spacial score (nSPS) is 14.6. The molecule has 1 atom stereocenters. The van der Waals surface area contributed by atoms with Gasteiger partial charge in [-0.05, 0) is 32.4 Å². The van der Waals surface area contributed by atoms with Crippen molar-refractivity contribution in [3.63, 3.8) is 0 Å². The quantitative estimate of drug-likeness (QED) is 0.797. The Bertz CT molecular complexity index is 399. The number of Topliss-reactive ketones (excluding diaryl/α,β-unsaturated/α-hetero) is 1. The Morgan fingerprint density at radius 1 is 1.50 bits per heavy atom. The van der Waals surface area contributed by atoms with E-state index in [2.05, 4.69) is 0 Å². The summed E-state index contributed by atoms with van der Waals surface area (Å²) >= 11 is 0. The highest BCUT2D eigenvalue weighted by molar-refractivity contribution is 6.03. The first kappa shape index (κ1) is 12.8. The number of benzene rings is 1. The molecule has 0 aliphatic rings. The van der Waals surface area contributed by atoms with Gasteiger partial charge in [-0.2, -0.15) is 0 Å². The minimum Gasteiger partial charge on any atom is -0.319 e. The number of nitrogens with two attached hydrogens (primary N) is 1. The summed E-state index contributed by atoms with van der Waals surface area (Å²) in [6.07, 6.45) is 1.35. The predicted molar refractivity (Wildman–Crippen MR) is 63.0 cm³/mol. The van der Waals surface area contributed by atoms with E-state index in [-0.39, 0.29) is 11.3 Å². The molecular formula is C13H18FNO. The van der Waals surface area contributed by atoms with Gasteiger partial charge in [-0.1, -0.05) is 25.0 Å². The molecule has 0 amide bonds. The number of carbonyl (C=O) groups excluding carboxylic acids is 1. The molecule has 1 aromatic carbocycles. The number of halogens is 1. The van der Waals surface area contributed by atoms with E-state index in [4.69, 9.17) is 5.73 Å². The Hall–Kier alpha value is -1.22. The smallest absolute Gasteiger partial charge is 0.185 e. The third-order valence-electron chi connectivity index (χ3n) is 2.65. The van der Waals surface area contributed by atoms with Gasteiger partial charge in [0.05, 0.1) is 11.1 Å². The molecule has 0 heterocycles. The third-order valence-corrected chi connectivity index (χ3v) is 2.65. The lowest BCUT2D eigenvalue weighted by Crippen LogP contribution is -2.45. The van der Waals surface area contributed by atoms with Crippen LogP contribution in [0.2, 0.25) is 0 Å². The monoisotopic (exact) mass is 223 g/mol. The van der Waals surface area contributed by atoms with Crippen molar-refractivity contribution in [3.8, 4) is 0 Å². The number of aryl methyl sites for hydroxylation is 1. The van der Waals surface area contributed by atoms with Gasteiger partial charge in [0.25, 0.3) is 0 Å². The fourth-order valence-electron chi connectivity index (χ4n) is 1.75. The van der Waals surface area contributed by atoms with Crippen LogP contribution in [-0.4, -0.2) is 11.3 Å². The highest BCUT2D eigenvalue weighted by Crippen LogP contribution is 2.19. The van der Waals surface area contributed by atoms with Crippen LogP contribution in [0.4, 0.5) is 4.39 Å². The van der Waals surface area contributed by atoms with E-state index in [0.717, 1.165) is 12.0 Å². The summed E-state index contributed by atoms with van der Waals surface area (Å²) in [5, 5.41) is 0. The zero-order valence-corrected chi connectivity index (χ0v) is 10.0. The van der Waals surface area contributed by atoms with Crippen molar-refractivity contribution in [2.45, 2.75) is 39.2 Å². The SMILES string of the molecule is CCCC(C)(N)C(=O)c1cc(C)ccc1F. The van der Waals surface area contributed by atoms with Crippen molar-refractivity contribution < 1.29 is 9.18 Å².